The second kappa shape index (κ2) is 11.5. The number of nitrogens with zero attached hydrogens (tertiary/aromatic N) is 5. The average molecular weight is 522 g/mol. The molecule has 0 radical (unpaired) electrons. The van der Waals surface area contributed by atoms with E-state index in [4.69, 9.17) is 16.6 Å². The van der Waals surface area contributed by atoms with Crippen molar-refractivity contribution in [2.45, 2.75) is 37.1 Å². The summed E-state index contributed by atoms with van der Waals surface area (Å²) in [5.74, 6) is 1.74. The van der Waals surface area contributed by atoms with E-state index in [0.29, 0.717) is 10.3 Å². The summed E-state index contributed by atoms with van der Waals surface area (Å²) in [6, 6.07) is 18.2. The zero-order valence-electron chi connectivity index (χ0n) is 20.7. The first-order valence-electron chi connectivity index (χ1n) is 12.7. The van der Waals surface area contributed by atoms with Gasteiger partial charge in [0.2, 0.25) is 0 Å². The zero-order chi connectivity index (χ0) is 24.9. The monoisotopic (exact) mass is 521 g/mol. The van der Waals surface area contributed by atoms with Crippen LogP contribution in [0.3, 0.4) is 0 Å². The number of anilines is 2. The zero-order valence-corrected chi connectivity index (χ0v) is 22.3. The van der Waals surface area contributed by atoms with Gasteiger partial charge in [-0.2, -0.15) is 0 Å². The number of carbonyl (C=O) groups excluding carboxylic acids is 1. The third-order valence-corrected chi connectivity index (χ3v) is 8.04. The molecule has 1 amide bonds. The van der Waals surface area contributed by atoms with Gasteiger partial charge in [0.25, 0.3) is 5.91 Å². The molecule has 8 heteroatoms. The average Bonchev–Trinajstić information content (AvgIpc) is 2.92. The van der Waals surface area contributed by atoms with E-state index in [1.54, 1.807) is 11.8 Å². The van der Waals surface area contributed by atoms with Crippen LogP contribution in [-0.4, -0.2) is 60.0 Å². The van der Waals surface area contributed by atoms with Gasteiger partial charge in [0.1, 0.15) is 11.0 Å². The summed E-state index contributed by atoms with van der Waals surface area (Å²) in [4.78, 5) is 28.9. The van der Waals surface area contributed by atoms with Crippen LogP contribution in [0.2, 0.25) is 5.15 Å². The quantitative estimate of drug-likeness (QED) is 0.236. The maximum Gasteiger partial charge on any atom is 0.253 e. The van der Waals surface area contributed by atoms with Crippen LogP contribution in [0.4, 0.5) is 11.5 Å². The lowest BCUT2D eigenvalue weighted by Gasteiger charge is -2.36. The van der Waals surface area contributed by atoms with Gasteiger partial charge in [0, 0.05) is 62.3 Å². The molecular formula is C28H32ClN5OS. The SMILES string of the molecule is Cc1ccccc1N1CCN(C(=O)c2ccc(CSc3nc(Cl)cc(N4CCCCC4)n3)cc2)CC1. The second-order valence-corrected chi connectivity index (χ2v) is 10.8. The van der Waals surface area contributed by atoms with Crippen LogP contribution in [0.5, 0.6) is 0 Å². The third kappa shape index (κ3) is 5.95. The van der Waals surface area contributed by atoms with E-state index in [9.17, 15) is 4.79 Å². The molecule has 2 aliphatic rings. The number of rotatable bonds is 6. The molecule has 6 nitrogen and oxygen atoms in total. The van der Waals surface area contributed by atoms with Gasteiger partial charge in [-0.25, -0.2) is 9.97 Å². The molecule has 3 heterocycles. The fourth-order valence-electron chi connectivity index (χ4n) is 4.88. The van der Waals surface area contributed by atoms with Crippen LogP contribution >= 0.6 is 23.4 Å². The van der Waals surface area contributed by atoms with Gasteiger partial charge in [0.05, 0.1) is 0 Å². The topological polar surface area (TPSA) is 52.6 Å². The molecule has 3 aromatic rings. The van der Waals surface area contributed by atoms with Crippen molar-refractivity contribution in [2.75, 3.05) is 49.1 Å². The Balaban J connectivity index is 1.16. The fourth-order valence-corrected chi connectivity index (χ4v) is 5.91. The van der Waals surface area contributed by atoms with E-state index in [0.717, 1.165) is 62.0 Å². The number of aromatic nitrogens is 2. The van der Waals surface area contributed by atoms with Crippen molar-refractivity contribution in [3.8, 4) is 0 Å². The van der Waals surface area contributed by atoms with Crippen LogP contribution in [0.1, 0.15) is 40.7 Å². The molecule has 2 aromatic carbocycles. The molecule has 0 aliphatic carbocycles. The molecule has 0 spiro atoms. The number of hydrogen-bond donors (Lipinski definition) is 0. The summed E-state index contributed by atoms with van der Waals surface area (Å²) in [6.45, 7) is 7.35. The Hall–Kier alpha value is -2.77. The van der Waals surface area contributed by atoms with Crippen LogP contribution < -0.4 is 9.80 Å². The minimum Gasteiger partial charge on any atom is -0.368 e. The third-order valence-electron chi connectivity index (χ3n) is 6.93. The molecule has 5 rings (SSSR count). The summed E-state index contributed by atoms with van der Waals surface area (Å²) in [6.07, 6.45) is 3.66. The lowest BCUT2D eigenvalue weighted by Crippen LogP contribution is -2.49. The van der Waals surface area contributed by atoms with E-state index in [2.05, 4.69) is 46.0 Å². The van der Waals surface area contributed by atoms with Crippen molar-refractivity contribution in [1.82, 2.24) is 14.9 Å². The Morgan fingerprint density at radius 3 is 2.33 bits per heavy atom. The summed E-state index contributed by atoms with van der Waals surface area (Å²) >= 11 is 7.87. The predicted octanol–water partition coefficient (Wildman–Crippen LogP) is 5.68. The molecule has 0 N–H and O–H groups in total. The highest BCUT2D eigenvalue weighted by atomic mass is 35.5. The number of hydrogen-bond acceptors (Lipinski definition) is 6. The van der Waals surface area contributed by atoms with Crippen molar-refractivity contribution >= 4 is 40.8 Å². The number of thioether (sulfide) groups is 1. The van der Waals surface area contributed by atoms with E-state index in [1.165, 1.54) is 30.5 Å². The minimum atomic E-state index is 0.1000. The Kier molecular flexibility index (Phi) is 7.97. The fraction of sp³-hybridized carbons (Fsp3) is 0.393. The van der Waals surface area contributed by atoms with E-state index < -0.39 is 0 Å². The summed E-state index contributed by atoms with van der Waals surface area (Å²) < 4.78 is 0. The van der Waals surface area contributed by atoms with E-state index in [-0.39, 0.29) is 5.91 Å². The molecule has 36 heavy (non-hydrogen) atoms. The van der Waals surface area contributed by atoms with Gasteiger partial charge in [0.15, 0.2) is 5.16 Å². The van der Waals surface area contributed by atoms with E-state index in [1.807, 2.05) is 35.2 Å². The smallest absolute Gasteiger partial charge is 0.253 e. The maximum absolute atomic E-state index is 13.1. The van der Waals surface area contributed by atoms with Crippen LogP contribution in [0.25, 0.3) is 0 Å². The van der Waals surface area contributed by atoms with Gasteiger partial charge in [-0.1, -0.05) is 53.7 Å². The van der Waals surface area contributed by atoms with Crippen molar-refractivity contribution in [3.63, 3.8) is 0 Å². The van der Waals surface area contributed by atoms with Crippen molar-refractivity contribution in [2.24, 2.45) is 0 Å². The standard InChI is InChI=1S/C28H32ClN5OS/c1-21-7-3-4-8-24(21)32-15-17-34(18-16-32)27(35)23-11-9-22(10-12-23)20-36-28-30-25(29)19-26(31-28)33-13-5-2-6-14-33/h3-4,7-12,19H,2,5-6,13-18,20H2,1H3. The van der Waals surface area contributed by atoms with Gasteiger partial charge in [-0.05, 0) is 55.5 Å². The first kappa shape index (κ1) is 24.9. The minimum absolute atomic E-state index is 0.1000. The molecular weight excluding hydrogens is 490 g/mol. The van der Waals surface area contributed by atoms with Gasteiger partial charge >= 0.3 is 0 Å². The van der Waals surface area contributed by atoms with Gasteiger partial charge in [-0.15, -0.1) is 0 Å². The summed E-state index contributed by atoms with van der Waals surface area (Å²) in [7, 11) is 0. The Morgan fingerprint density at radius 2 is 1.61 bits per heavy atom. The Morgan fingerprint density at radius 1 is 0.889 bits per heavy atom. The van der Waals surface area contributed by atoms with Crippen LogP contribution in [-0.2, 0) is 5.75 Å². The van der Waals surface area contributed by atoms with Gasteiger partial charge in [-0.3, -0.25) is 4.79 Å². The number of carbonyl (C=O) groups is 1. The predicted molar refractivity (Wildman–Crippen MR) is 148 cm³/mol. The summed E-state index contributed by atoms with van der Waals surface area (Å²) in [5.41, 5.74) is 4.40. The molecule has 0 unspecified atom stereocenters. The highest BCUT2D eigenvalue weighted by Gasteiger charge is 2.23. The molecule has 0 saturated carbocycles. The van der Waals surface area contributed by atoms with Crippen molar-refractivity contribution in [3.05, 3.63) is 76.4 Å². The Bertz CT molecular complexity index is 1190. The van der Waals surface area contributed by atoms with Crippen molar-refractivity contribution < 1.29 is 4.79 Å². The normalized spacial score (nSPS) is 16.3. The summed E-state index contributed by atoms with van der Waals surface area (Å²) in [5, 5.41) is 1.17. The maximum atomic E-state index is 13.1. The number of aryl methyl sites for hydroxylation is 1. The Labute approximate surface area is 222 Å². The molecule has 188 valence electrons. The van der Waals surface area contributed by atoms with Gasteiger partial charge < -0.3 is 14.7 Å². The van der Waals surface area contributed by atoms with Crippen LogP contribution in [0.15, 0.2) is 59.8 Å². The first-order chi connectivity index (χ1) is 17.6. The number of benzene rings is 2. The van der Waals surface area contributed by atoms with Crippen molar-refractivity contribution in [1.29, 1.82) is 0 Å². The number of para-hydroxylation sites is 1. The number of amides is 1. The lowest BCUT2D eigenvalue weighted by molar-refractivity contribution is 0.0747. The molecule has 2 fully saturated rings. The molecule has 0 bridgehead atoms. The largest absolute Gasteiger partial charge is 0.368 e. The molecule has 2 saturated heterocycles. The number of halogens is 1. The highest BCUT2D eigenvalue weighted by Crippen LogP contribution is 2.27. The molecule has 1 aromatic heterocycles. The molecule has 2 aliphatic heterocycles. The van der Waals surface area contributed by atoms with Crippen LogP contribution in [0, 0.1) is 6.92 Å². The number of piperazine rings is 1. The number of piperidine rings is 1. The highest BCUT2D eigenvalue weighted by molar-refractivity contribution is 7.98. The van der Waals surface area contributed by atoms with E-state index >= 15 is 0 Å². The second-order valence-electron chi connectivity index (χ2n) is 9.43. The first-order valence-corrected chi connectivity index (χ1v) is 14.0. The lowest BCUT2D eigenvalue weighted by atomic mass is 10.1. The molecule has 0 atom stereocenters.